The number of halogens is 4. The Morgan fingerprint density at radius 3 is 2.44 bits per heavy atom. The number of para-hydroxylation sites is 2. The minimum atomic E-state index is -4.87. The Morgan fingerprint density at radius 2 is 1.88 bits per heavy atom. The van der Waals surface area contributed by atoms with Gasteiger partial charge in [0.1, 0.15) is 16.5 Å². The van der Waals surface area contributed by atoms with Crippen LogP contribution in [0.15, 0.2) is 42.5 Å². The molecular formula is C19H14ClF3N4O5. The number of anilines is 1. The number of amides is 1. The Hall–Kier alpha value is -3.80. The molecule has 0 radical (unpaired) electrons. The summed E-state index contributed by atoms with van der Waals surface area (Å²) in [5.41, 5.74) is -2.54. The molecule has 1 amide bonds. The van der Waals surface area contributed by atoms with Crippen LogP contribution in [0.2, 0.25) is 5.02 Å². The van der Waals surface area contributed by atoms with Crippen LogP contribution in [-0.2, 0) is 13.2 Å². The molecule has 0 bridgehead atoms. The summed E-state index contributed by atoms with van der Waals surface area (Å²) in [6.45, 7) is 0. The van der Waals surface area contributed by atoms with Crippen LogP contribution in [0.4, 0.5) is 24.5 Å². The number of nitro groups is 1. The van der Waals surface area contributed by atoms with Crippen LogP contribution in [0.1, 0.15) is 16.2 Å². The highest BCUT2D eigenvalue weighted by atomic mass is 35.5. The molecule has 0 fully saturated rings. The summed E-state index contributed by atoms with van der Waals surface area (Å²) in [6, 6.07) is 9.90. The number of nitro benzene ring substituents is 1. The van der Waals surface area contributed by atoms with Crippen molar-refractivity contribution in [3.05, 3.63) is 69.0 Å². The second kappa shape index (κ2) is 8.75. The predicted octanol–water partition coefficient (Wildman–Crippen LogP) is 5.05. The lowest BCUT2D eigenvalue weighted by molar-refractivity contribution is -0.384. The third-order valence-electron chi connectivity index (χ3n) is 4.13. The number of hydrogen-bond donors (Lipinski definition) is 1. The van der Waals surface area contributed by atoms with Crippen molar-refractivity contribution < 1.29 is 32.4 Å². The maximum atomic E-state index is 13.0. The normalized spacial score (nSPS) is 11.2. The first-order chi connectivity index (χ1) is 15.0. The lowest BCUT2D eigenvalue weighted by Gasteiger charge is -2.12. The van der Waals surface area contributed by atoms with Crippen molar-refractivity contribution in [3.8, 4) is 17.2 Å². The van der Waals surface area contributed by atoms with E-state index < -0.39 is 39.1 Å². The summed E-state index contributed by atoms with van der Waals surface area (Å²) < 4.78 is 50.5. The van der Waals surface area contributed by atoms with Gasteiger partial charge in [0, 0.05) is 19.2 Å². The highest BCUT2D eigenvalue weighted by Gasteiger charge is 2.39. The standard InChI is InChI=1S/C19H14ClF3N4O5/c1-26-16(15(20)17(25-26)19(21,22)23)18(28)24-10-7-11(27(29)30)9-12(8-10)32-14-6-4-3-5-13(14)31-2/h3-9H,1-2H3,(H,24,28). The van der Waals surface area contributed by atoms with Crippen molar-refractivity contribution in [1.29, 1.82) is 0 Å². The van der Waals surface area contributed by atoms with Crippen LogP contribution in [0.25, 0.3) is 0 Å². The molecule has 0 aliphatic heterocycles. The average molecular weight is 471 g/mol. The first kappa shape index (κ1) is 22.9. The number of aromatic nitrogens is 2. The lowest BCUT2D eigenvalue weighted by atomic mass is 10.2. The van der Waals surface area contributed by atoms with Gasteiger partial charge >= 0.3 is 6.18 Å². The molecule has 1 aromatic heterocycles. The fraction of sp³-hybridized carbons (Fsp3) is 0.158. The number of nitrogens with one attached hydrogen (secondary N) is 1. The van der Waals surface area contributed by atoms with Crippen molar-refractivity contribution in [2.75, 3.05) is 12.4 Å². The topological polar surface area (TPSA) is 109 Å². The average Bonchev–Trinajstić information content (AvgIpc) is 3.02. The molecule has 0 aliphatic rings. The third-order valence-corrected chi connectivity index (χ3v) is 4.49. The van der Waals surface area contributed by atoms with Crippen LogP contribution < -0.4 is 14.8 Å². The second-order valence-corrected chi connectivity index (χ2v) is 6.69. The van der Waals surface area contributed by atoms with Gasteiger partial charge in [-0.1, -0.05) is 23.7 Å². The zero-order valence-corrected chi connectivity index (χ0v) is 17.2. The summed E-state index contributed by atoms with van der Waals surface area (Å²) >= 11 is 5.72. The number of ether oxygens (including phenoxy) is 2. The number of benzene rings is 2. The molecule has 0 saturated carbocycles. The molecule has 0 unspecified atom stereocenters. The quantitative estimate of drug-likeness (QED) is 0.399. The SMILES string of the molecule is COc1ccccc1Oc1cc(NC(=O)c2c(Cl)c(C(F)(F)F)nn2C)cc([N+](=O)[O-])c1. The van der Waals surface area contributed by atoms with Crippen LogP contribution in [-0.4, -0.2) is 27.7 Å². The molecule has 1 heterocycles. The molecule has 0 spiro atoms. The van der Waals surface area contributed by atoms with Gasteiger partial charge in [0.05, 0.1) is 23.8 Å². The fourth-order valence-electron chi connectivity index (χ4n) is 2.77. The maximum Gasteiger partial charge on any atom is 0.436 e. The summed E-state index contributed by atoms with van der Waals surface area (Å²) in [4.78, 5) is 23.2. The van der Waals surface area contributed by atoms with Crippen LogP contribution >= 0.6 is 11.6 Å². The number of rotatable bonds is 6. The summed E-state index contributed by atoms with van der Waals surface area (Å²) in [5.74, 6) is -0.474. The van der Waals surface area contributed by atoms with E-state index in [2.05, 4.69) is 10.4 Å². The number of carbonyl (C=O) groups excluding carboxylic acids is 1. The first-order valence-corrected chi connectivity index (χ1v) is 9.10. The Labute approximate surface area is 183 Å². The van der Waals surface area contributed by atoms with E-state index in [1.165, 1.54) is 13.2 Å². The summed E-state index contributed by atoms with van der Waals surface area (Å²) in [7, 11) is 2.52. The molecular weight excluding hydrogens is 457 g/mol. The minimum Gasteiger partial charge on any atom is -0.493 e. The molecule has 1 N–H and O–H groups in total. The van der Waals surface area contributed by atoms with Gasteiger partial charge in [-0.2, -0.15) is 18.3 Å². The summed E-state index contributed by atoms with van der Waals surface area (Å²) in [5, 5.41) is 15.9. The number of nitrogens with zero attached hydrogens (tertiary/aromatic N) is 3. The van der Waals surface area contributed by atoms with Crippen molar-refractivity contribution >= 4 is 28.9 Å². The number of aryl methyl sites for hydroxylation is 1. The van der Waals surface area contributed by atoms with Crippen LogP contribution in [0, 0.1) is 10.1 Å². The van der Waals surface area contributed by atoms with E-state index in [-0.39, 0.29) is 17.2 Å². The van der Waals surface area contributed by atoms with E-state index >= 15 is 0 Å². The van der Waals surface area contributed by atoms with Gasteiger partial charge in [-0.25, -0.2) is 0 Å². The number of hydrogen-bond acceptors (Lipinski definition) is 6. The molecule has 3 rings (SSSR count). The molecule has 0 saturated heterocycles. The zero-order chi connectivity index (χ0) is 23.6. The molecule has 13 heteroatoms. The highest BCUT2D eigenvalue weighted by Crippen LogP contribution is 2.37. The van der Waals surface area contributed by atoms with Gasteiger partial charge in [0.25, 0.3) is 11.6 Å². The van der Waals surface area contributed by atoms with Crippen molar-refractivity contribution in [2.45, 2.75) is 6.18 Å². The second-order valence-electron chi connectivity index (χ2n) is 6.31. The molecule has 2 aromatic carbocycles. The van der Waals surface area contributed by atoms with Crippen molar-refractivity contribution in [3.63, 3.8) is 0 Å². The number of non-ortho nitro benzene ring substituents is 1. The van der Waals surface area contributed by atoms with Crippen LogP contribution in [0.5, 0.6) is 17.2 Å². The predicted molar refractivity (Wildman–Crippen MR) is 107 cm³/mol. The number of carbonyl (C=O) groups is 1. The fourth-order valence-corrected chi connectivity index (χ4v) is 3.12. The smallest absolute Gasteiger partial charge is 0.436 e. The van der Waals surface area contributed by atoms with E-state index in [4.69, 9.17) is 21.1 Å². The van der Waals surface area contributed by atoms with Crippen LogP contribution in [0.3, 0.4) is 0 Å². The molecule has 3 aromatic rings. The largest absolute Gasteiger partial charge is 0.493 e. The van der Waals surface area contributed by atoms with Crippen molar-refractivity contribution in [2.24, 2.45) is 7.05 Å². The Bertz CT molecular complexity index is 1200. The Balaban J connectivity index is 1.96. The Morgan fingerprint density at radius 1 is 1.22 bits per heavy atom. The van der Waals surface area contributed by atoms with Gasteiger partial charge in [-0.3, -0.25) is 19.6 Å². The van der Waals surface area contributed by atoms with Gasteiger partial charge < -0.3 is 14.8 Å². The monoisotopic (exact) mass is 470 g/mol. The van der Waals surface area contributed by atoms with E-state index in [0.29, 0.717) is 10.4 Å². The van der Waals surface area contributed by atoms with Gasteiger partial charge in [0.15, 0.2) is 17.2 Å². The van der Waals surface area contributed by atoms with E-state index in [1.54, 1.807) is 24.3 Å². The first-order valence-electron chi connectivity index (χ1n) is 8.72. The third kappa shape index (κ3) is 4.75. The maximum absolute atomic E-state index is 13.0. The molecule has 0 atom stereocenters. The number of methoxy groups -OCH3 is 1. The molecule has 0 aliphatic carbocycles. The zero-order valence-electron chi connectivity index (χ0n) is 16.4. The lowest BCUT2D eigenvalue weighted by Crippen LogP contribution is -2.16. The van der Waals surface area contributed by atoms with E-state index in [9.17, 15) is 28.1 Å². The molecule has 168 valence electrons. The van der Waals surface area contributed by atoms with Gasteiger partial charge in [-0.05, 0) is 12.1 Å². The van der Waals surface area contributed by atoms with Gasteiger partial charge in [-0.15, -0.1) is 0 Å². The molecule has 32 heavy (non-hydrogen) atoms. The van der Waals surface area contributed by atoms with E-state index in [0.717, 1.165) is 19.2 Å². The number of alkyl halides is 3. The highest BCUT2D eigenvalue weighted by molar-refractivity contribution is 6.34. The molecule has 9 nitrogen and oxygen atoms in total. The van der Waals surface area contributed by atoms with Gasteiger partial charge in [0.2, 0.25) is 0 Å². The van der Waals surface area contributed by atoms with E-state index in [1.807, 2.05) is 0 Å². The van der Waals surface area contributed by atoms with Crippen molar-refractivity contribution in [1.82, 2.24) is 9.78 Å². The minimum absolute atomic E-state index is 0.0221. The Kier molecular flexibility index (Phi) is 6.25. The summed E-state index contributed by atoms with van der Waals surface area (Å²) in [6.07, 6.45) is -4.87.